The molecule has 1 saturated heterocycles. The first kappa shape index (κ1) is 12.5. The number of hydrogen-bond donors (Lipinski definition) is 2. The Hall–Kier alpha value is -2.21. The topological polar surface area (TPSA) is 79.6 Å². The van der Waals surface area contributed by atoms with Crippen LogP contribution in [0.15, 0.2) is 28.9 Å². The Balaban J connectivity index is 1.52. The fraction of sp³-hybridized carbons (Fsp3) is 0.400. The number of hydrogen-bond acceptors (Lipinski definition) is 5. The molecule has 1 fully saturated rings. The minimum atomic E-state index is 0.381. The zero-order chi connectivity index (χ0) is 14.1. The molecular formula is C15H17N5O. The van der Waals surface area contributed by atoms with Crippen LogP contribution in [0.3, 0.4) is 0 Å². The third-order valence-electron chi connectivity index (χ3n) is 4.01. The molecule has 2 aromatic heterocycles. The average Bonchev–Trinajstić information content (AvgIpc) is 3.17. The van der Waals surface area contributed by atoms with E-state index in [-0.39, 0.29) is 0 Å². The lowest BCUT2D eigenvalue weighted by Gasteiger charge is -2.19. The summed E-state index contributed by atoms with van der Waals surface area (Å²) in [6.07, 6.45) is 4.78. The largest absolute Gasteiger partial charge is 0.339 e. The summed E-state index contributed by atoms with van der Waals surface area (Å²) >= 11 is 0. The first-order chi connectivity index (χ1) is 10.4. The van der Waals surface area contributed by atoms with Crippen molar-refractivity contribution in [3.63, 3.8) is 0 Å². The smallest absolute Gasteiger partial charge is 0.231 e. The molecule has 2 N–H and O–H groups in total. The second-order valence-electron chi connectivity index (χ2n) is 5.56. The highest BCUT2D eigenvalue weighted by molar-refractivity contribution is 5.78. The Morgan fingerprint density at radius 3 is 3.24 bits per heavy atom. The van der Waals surface area contributed by atoms with Crippen molar-refractivity contribution in [2.75, 3.05) is 13.1 Å². The van der Waals surface area contributed by atoms with E-state index in [1.54, 1.807) is 0 Å². The summed E-state index contributed by atoms with van der Waals surface area (Å²) < 4.78 is 5.40. The molecule has 0 amide bonds. The van der Waals surface area contributed by atoms with E-state index in [0.29, 0.717) is 18.2 Å². The number of nitrogens with zero attached hydrogens (tertiary/aromatic N) is 3. The van der Waals surface area contributed by atoms with Crippen molar-refractivity contribution in [1.29, 1.82) is 0 Å². The fourth-order valence-electron chi connectivity index (χ4n) is 2.85. The Labute approximate surface area is 121 Å². The molecule has 0 radical (unpaired) electrons. The zero-order valence-electron chi connectivity index (χ0n) is 11.7. The van der Waals surface area contributed by atoms with Crippen LogP contribution in [0.2, 0.25) is 0 Å². The van der Waals surface area contributed by atoms with Crippen LogP contribution in [0.5, 0.6) is 0 Å². The summed E-state index contributed by atoms with van der Waals surface area (Å²) in [4.78, 5) is 4.55. The monoisotopic (exact) mass is 283 g/mol. The van der Waals surface area contributed by atoms with Gasteiger partial charge in [-0.2, -0.15) is 10.1 Å². The van der Waals surface area contributed by atoms with Gasteiger partial charge in [0, 0.05) is 17.8 Å². The molecule has 3 heterocycles. The molecule has 0 bridgehead atoms. The highest BCUT2D eigenvalue weighted by Gasteiger charge is 2.20. The fourth-order valence-corrected chi connectivity index (χ4v) is 2.85. The number of piperidine rings is 1. The number of fused-ring (bicyclic) bond motifs is 1. The van der Waals surface area contributed by atoms with Crippen molar-refractivity contribution in [3.8, 4) is 0 Å². The van der Waals surface area contributed by atoms with Crippen LogP contribution in [-0.2, 0) is 6.42 Å². The lowest BCUT2D eigenvalue weighted by atomic mass is 9.99. The molecule has 6 nitrogen and oxygen atoms in total. The standard InChI is InChI=1S/C15H17N5O/c1-2-12(8-16-5-1)15-18-14(21-20-15)7-10-3-4-11-9-17-19-13(11)6-10/h3-4,6,9,12,16H,1-2,5,7-8H2,(H,17,19). The van der Waals surface area contributed by atoms with Gasteiger partial charge in [-0.15, -0.1) is 0 Å². The molecule has 21 heavy (non-hydrogen) atoms. The van der Waals surface area contributed by atoms with E-state index < -0.39 is 0 Å². The molecule has 1 atom stereocenters. The van der Waals surface area contributed by atoms with E-state index >= 15 is 0 Å². The Morgan fingerprint density at radius 1 is 1.33 bits per heavy atom. The zero-order valence-corrected chi connectivity index (χ0v) is 11.7. The molecule has 0 saturated carbocycles. The van der Waals surface area contributed by atoms with Gasteiger partial charge in [0.15, 0.2) is 5.82 Å². The number of H-pyrrole nitrogens is 1. The van der Waals surface area contributed by atoms with Crippen LogP contribution in [0.1, 0.15) is 36.0 Å². The summed E-state index contributed by atoms with van der Waals surface area (Å²) in [6, 6.07) is 6.20. The molecule has 1 aliphatic heterocycles. The van der Waals surface area contributed by atoms with Crippen LogP contribution in [-0.4, -0.2) is 33.4 Å². The van der Waals surface area contributed by atoms with Crippen molar-refractivity contribution in [1.82, 2.24) is 25.7 Å². The quantitative estimate of drug-likeness (QED) is 0.768. The van der Waals surface area contributed by atoms with E-state index in [2.05, 4.69) is 43.9 Å². The summed E-state index contributed by atoms with van der Waals surface area (Å²) in [5.74, 6) is 1.89. The second kappa shape index (κ2) is 5.29. The number of aromatic nitrogens is 4. The van der Waals surface area contributed by atoms with Gasteiger partial charge in [0.25, 0.3) is 0 Å². The van der Waals surface area contributed by atoms with Gasteiger partial charge in [-0.25, -0.2) is 0 Å². The van der Waals surface area contributed by atoms with Gasteiger partial charge in [-0.05, 0) is 31.0 Å². The molecule has 0 spiro atoms. The highest BCUT2D eigenvalue weighted by atomic mass is 16.5. The van der Waals surface area contributed by atoms with Gasteiger partial charge in [0.2, 0.25) is 5.89 Å². The van der Waals surface area contributed by atoms with Gasteiger partial charge < -0.3 is 9.84 Å². The third-order valence-corrected chi connectivity index (χ3v) is 4.01. The predicted octanol–water partition coefficient (Wildman–Crippen LogP) is 2.00. The molecule has 1 aliphatic rings. The normalized spacial score (nSPS) is 19.1. The molecule has 4 rings (SSSR count). The van der Waals surface area contributed by atoms with E-state index in [0.717, 1.165) is 41.8 Å². The van der Waals surface area contributed by atoms with Gasteiger partial charge in [0.05, 0.1) is 18.1 Å². The van der Waals surface area contributed by atoms with Crippen LogP contribution < -0.4 is 5.32 Å². The Morgan fingerprint density at radius 2 is 2.33 bits per heavy atom. The molecule has 6 heteroatoms. The minimum absolute atomic E-state index is 0.381. The van der Waals surface area contributed by atoms with Crippen molar-refractivity contribution in [3.05, 3.63) is 41.7 Å². The second-order valence-corrected chi connectivity index (χ2v) is 5.56. The van der Waals surface area contributed by atoms with E-state index in [4.69, 9.17) is 4.52 Å². The van der Waals surface area contributed by atoms with Gasteiger partial charge in [-0.1, -0.05) is 17.3 Å². The number of aromatic amines is 1. The van der Waals surface area contributed by atoms with Crippen LogP contribution in [0.25, 0.3) is 10.9 Å². The van der Waals surface area contributed by atoms with Crippen LogP contribution in [0, 0.1) is 0 Å². The Bertz CT molecular complexity index is 741. The maximum Gasteiger partial charge on any atom is 0.231 e. The summed E-state index contributed by atoms with van der Waals surface area (Å²) in [5, 5.41) is 15.6. The van der Waals surface area contributed by atoms with Crippen molar-refractivity contribution >= 4 is 10.9 Å². The van der Waals surface area contributed by atoms with E-state index in [1.165, 1.54) is 6.42 Å². The lowest BCUT2D eigenvalue weighted by Crippen LogP contribution is -2.28. The molecule has 108 valence electrons. The number of benzene rings is 1. The van der Waals surface area contributed by atoms with Crippen molar-refractivity contribution < 1.29 is 4.52 Å². The van der Waals surface area contributed by atoms with Crippen LogP contribution in [0.4, 0.5) is 0 Å². The lowest BCUT2D eigenvalue weighted by molar-refractivity contribution is 0.366. The summed E-state index contributed by atoms with van der Waals surface area (Å²) in [7, 11) is 0. The minimum Gasteiger partial charge on any atom is -0.339 e. The van der Waals surface area contributed by atoms with Gasteiger partial charge in [-0.3, -0.25) is 5.10 Å². The SMILES string of the molecule is c1cc2cn[nH]c2cc1Cc1nc(C2CCCNC2)no1. The molecule has 1 aromatic carbocycles. The van der Waals surface area contributed by atoms with Gasteiger partial charge >= 0.3 is 0 Å². The Kier molecular flexibility index (Phi) is 3.16. The summed E-state index contributed by atoms with van der Waals surface area (Å²) in [5.41, 5.74) is 2.17. The highest BCUT2D eigenvalue weighted by Crippen LogP contribution is 2.21. The first-order valence-corrected chi connectivity index (χ1v) is 7.34. The predicted molar refractivity (Wildman–Crippen MR) is 78.0 cm³/mol. The van der Waals surface area contributed by atoms with Gasteiger partial charge in [0.1, 0.15) is 0 Å². The molecular weight excluding hydrogens is 266 g/mol. The maximum absolute atomic E-state index is 5.40. The number of nitrogens with one attached hydrogen (secondary N) is 2. The molecule has 1 unspecified atom stereocenters. The summed E-state index contributed by atoms with van der Waals surface area (Å²) in [6.45, 7) is 2.03. The maximum atomic E-state index is 5.40. The third kappa shape index (κ3) is 2.54. The van der Waals surface area contributed by atoms with Crippen LogP contribution >= 0.6 is 0 Å². The molecule has 0 aliphatic carbocycles. The van der Waals surface area contributed by atoms with Crippen molar-refractivity contribution in [2.24, 2.45) is 0 Å². The van der Waals surface area contributed by atoms with Crippen molar-refractivity contribution in [2.45, 2.75) is 25.2 Å². The number of rotatable bonds is 3. The van der Waals surface area contributed by atoms with E-state index in [1.807, 2.05) is 6.20 Å². The first-order valence-electron chi connectivity index (χ1n) is 7.34. The van der Waals surface area contributed by atoms with E-state index in [9.17, 15) is 0 Å². The average molecular weight is 283 g/mol. The molecule has 3 aromatic rings.